The molecule has 2 rings (SSSR count). The van der Waals surface area contributed by atoms with Crippen molar-refractivity contribution in [2.24, 2.45) is 5.92 Å². The van der Waals surface area contributed by atoms with Crippen molar-refractivity contribution >= 4 is 6.03 Å². The first-order valence-electron chi connectivity index (χ1n) is 8.34. The topological polar surface area (TPSA) is 61.8 Å². The average Bonchev–Trinajstić information content (AvgIpc) is 2.48. The van der Waals surface area contributed by atoms with Crippen molar-refractivity contribution in [2.45, 2.75) is 52.9 Å². The lowest BCUT2D eigenvalue weighted by Gasteiger charge is -2.34. The molecule has 0 spiro atoms. The number of carbonyl (C=O) groups is 1. The standard InChI is InChI=1S/C18H28N2O3/c1-12(2)23-17-9-13(3)5-6-15(17)10-19-18(22)20-8-7-14(4)16(21)11-20/h5-6,9,12,14,16,21H,7-8,10-11H2,1-4H3,(H,19,22). The second kappa shape index (κ2) is 7.68. The lowest BCUT2D eigenvalue weighted by molar-refractivity contribution is 0.0435. The highest BCUT2D eigenvalue weighted by atomic mass is 16.5. The highest BCUT2D eigenvalue weighted by molar-refractivity contribution is 5.74. The quantitative estimate of drug-likeness (QED) is 0.896. The third kappa shape index (κ3) is 4.86. The fourth-order valence-electron chi connectivity index (χ4n) is 2.69. The number of likely N-dealkylation sites (tertiary alicyclic amines) is 1. The highest BCUT2D eigenvalue weighted by Crippen LogP contribution is 2.22. The Morgan fingerprint density at radius 3 is 2.87 bits per heavy atom. The van der Waals surface area contributed by atoms with Crippen LogP contribution in [0.3, 0.4) is 0 Å². The first kappa shape index (κ1) is 17.6. The summed E-state index contributed by atoms with van der Waals surface area (Å²) in [5.41, 5.74) is 2.09. The van der Waals surface area contributed by atoms with Gasteiger partial charge in [-0.3, -0.25) is 0 Å². The molecule has 2 N–H and O–H groups in total. The third-order valence-electron chi connectivity index (χ3n) is 4.22. The Balaban J connectivity index is 1.96. The fraction of sp³-hybridized carbons (Fsp3) is 0.611. The molecule has 2 amide bonds. The van der Waals surface area contributed by atoms with E-state index in [1.165, 1.54) is 0 Å². The maximum atomic E-state index is 12.3. The van der Waals surface area contributed by atoms with E-state index in [1.807, 2.05) is 45.9 Å². The Kier molecular flexibility index (Phi) is 5.88. The van der Waals surface area contributed by atoms with E-state index in [9.17, 15) is 9.90 Å². The molecule has 5 heteroatoms. The van der Waals surface area contributed by atoms with Crippen LogP contribution in [0.5, 0.6) is 5.75 Å². The Morgan fingerprint density at radius 1 is 1.48 bits per heavy atom. The van der Waals surface area contributed by atoms with Crippen molar-refractivity contribution < 1.29 is 14.6 Å². The van der Waals surface area contributed by atoms with Gasteiger partial charge in [-0.1, -0.05) is 19.1 Å². The monoisotopic (exact) mass is 320 g/mol. The number of piperidine rings is 1. The number of nitrogens with zero attached hydrogens (tertiary/aromatic N) is 1. The second-order valence-corrected chi connectivity index (χ2v) is 6.72. The molecule has 0 aromatic heterocycles. The van der Waals surface area contributed by atoms with Gasteiger partial charge in [-0.25, -0.2) is 4.79 Å². The third-order valence-corrected chi connectivity index (χ3v) is 4.22. The summed E-state index contributed by atoms with van der Waals surface area (Å²) in [4.78, 5) is 14.0. The summed E-state index contributed by atoms with van der Waals surface area (Å²) in [5.74, 6) is 1.06. The van der Waals surface area contributed by atoms with Crippen molar-refractivity contribution in [1.82, 2.24) is 10.2 Å². The molecular formula is C18H28N2O3. The molecule has 1 fully saturated rings. The molecule has 1 aromatic carbocycles. The number of urea groups is 1. The van der Waals surface area contributed by atoms with Crippen LogP contribution in [0.1, 0.15) is 38.3 Å². The molecule has 2 atom stereocenters. The van der Waals surface area contributed by atoms with E-state index in [1.54, 1.807) is 4.90 Å². The zero-order chi connectivity index (χ0) is 17.0. The maximum absolute atomic E-state index is 12.3. The van der Waals surface area contributed by atoms with Crippen LogP contribution in [0.25, 0.3) is 0 Å². The summed E-state index contributed by atoms with van der Waals surface area (Å²) in [6, 6.07) is 5.86. The minimum absolute atomic E-state index is 0.0879. The van der Waals surface area contributed by atoms with Crippen LogP contribution in [0.2, 0.25) is 0 Å². The number of hydrogen-bond acceptors (Lipinski definition) is 3. The van der Waals surface area contributed by atoms with Crippen LogP contribution in [-0.2, 0) is 6.54 Å². The SMILES string of the molecule is Cc1ccc(CNC(=O)N2CCC(C)C(O)C2)c(OC(C)C)c1. The number of nitrogens with one attached hydrogen (secondary N) is 1. The minimum atomic E-state index is -0.436. The number of aryl methyl sites for hydroxylation is 1. The van der Waals surface area contributed by atoms with Gasteiger partial charge in [0.2, 0.25) is 0 Å². The van der Waals surface area contributed by atoms with E-state index in [-0.39, 0.29) is 18.1 Å². The normalized spacial score (nSPS) is 21.4. The summed E-state index contributed by atoms with van der Waals surface area (Å²) in [7, 11) is 0. The van der Waals surface area contributed by atoms with Crippen molar-refractivity contribution in [3.8, 4) is 5.75 Å². The number of benzene rings is 1. The molecule has 0 saturated carbocycles. The van der Waals surface area contributed by atoms with Crippen LogP contribution in [0.15, 0.2) is 18.2 Å². The molecule has 1 aliphatic rings. The number of carbonyl (C=O) groups excluding carboxylic acids is 1. The molecular weight excluding hydrogens is 292 g/mol. The highest BCUT2D eigenvalue weighted by Gasteiger charge is 2.27. The molecule has 1 aliphatic heterocycles. The van der Waals surface area contributed by atoms with E-state index in [0.717, 1.165) is 23.3 Å². The first-order valence-corrected chi connectivity index (χ1v) is 8.34. The summed E-state index contributed by atoms with van der Waals surface area (Å²) in [5, 5.41) is 12.8. The lowest BCUT2D eigenvalue weighted by Crippen LogP contribution is -2.49. The Bertz CT molecular complexity index is 545. The molecule has 128 valence electrons. The fourth-order valence-corrected chi connectivity index (χ4v) is 2.69. The van der Waals surface area contributed by atoms with Gasteiger partial charge in [0.05, 0.1) is 12.2 Å². The lowest BCUT2D eigenvalue weighted by atomic mass is 9.96. The molecule has 1 saturated heterocycles. The second-order valence-electron chi connectivity index (χ2n) is 6.72. The smallest absolute Gasteiger partial charge is 0.317 e. The number of rotatable bonds is 4. The molecule has 0 radical (unpaired) electrons. The molecule has 0 aliphatic carbocycles. The average molecular weight is 320 g/mol. The van der Waals surface area contributed by atoms with E-state index in [4.69, 9.17) is 4.74 Å². The van der Waals surface area contributed by atoms with Gasteiger partial charge in [0.1, 0.15) is 5.75 Å². The molecule has 1 heterocycles. The largest absolute Gasteiger partial charge is 0.491 e. The molecule has 0 bridgehead atoms. The van der Waals surface area contributed by atoms with Gasteiger partial charge in [-0.2, -0.15) is 0 Å². The Hall–Kier alpha value is -1.75. The molecule has 1 aromatic rings. The maximum Gasteiger partial charge on any atom is 0.317 e. The van der Waals surface area contributed by atoms with Crippen LogP contribution in [-0.4, -0.2) is 41.3 Å². The number of aliphatic hydroxyl groups excluding tert-OH is 1. The minimum Gasteiger partial charge on any atom is -0.491 e. The number of β-amino-alcohol motifs (C(OH)–C–C–N with tert-alkyl or cyclic N) is 1. The van der Waals surface area contributed by atoms with Gasteiger partial charge in [0.25, 0.3) is 0 Å². The van der Waals surface area contributed by atoms with Gasteiger partial charge in [0, 0.05) is 25.2 Å². The van der Waals surface area contributed by atoms with E-state index in [0.29, 0.717) is 19.6 Å². The van der Waals surface area contributed by atoms with Gasteiger partial charge in [-0.05, 0) is 44.7 Å². The number of aliphatic hydroxyl groups is 1. The van der Waals surface area contributed by atoms with Crippen LogP contribution < -0.4 is 10.1 Å². The first-order chi connectivity index (χ1) is 10.9. The Labute approximate surface area is 138 Å². The van der Waals surface area contributed by atoms with Gasteiger partial charge in [0.15, 0.2) is 0 Å². The summed E-state index contributed by atoms with van der Waals surface area (Å²) in [6.45, 7) is 9.52. The van der Waals surface area contributed by atoms with Crippen molar-refractivity contribution in [3.05, 3.63) is 29.3 Å². The summed E-state index contributed by atoms with van der Waals surface area (Å²) >= 11 is 0. The predicted molar refractivity (Wildman–Crippen MR) is 90.5 cm³/mol. The number of ether oxygens (including phenoxy) is 1. The van der Waals surface area contributed by atoms with Crippen molar-refractivity contribution in [1.29, 1.82) is 0 Å². The van der Waals surface area contributed by atoms with Gasteiger partial charge in [-0.15, -0.1) is 0 Å². The Morgan fingerprint density at radius 2 is 2.22 bits per heavy atom. The molecule has 5 nitrogen and oxygen atoms in total. The van der Waals surface area contributed by atoms with Crippen LogP contribution in [0.4, 0.5) is 4.79 Å². The zero-order valence-corrected chi connectivity index (χ0v) is 14.5. The number of hydrogen-bond donors (Lipinski definition) is 2. The van der Waals surface area contributed by atoms with E-state index >= 15 is 0 Å². The number of amides is 2. The molecule has 23 heavy (non-hydrogen) atoms. The van der Waals surface area contributed by atoms with Gasteiger partial charge >= 0.3 is 6.03 Å². The summed E-state index contributed by atoms with van der Waals surface area (Å²) in [6.07, 6.45) is 0.486. The molecule has 2 unspecified atom stereocenters. The predicted octanol–water partition coefficient (Wildman–Crippen LogP) is 2.69. The van der Waals surface area contributed by atoms with Crippen LogP contribution in [0, 0.1) is 12.8 Å². The van der Waals surface area contributed by atoms with Crippen molar-refractivity contribution in [2.75, 3.05) is 13.1 Å². The van der Waals surface area contributed by atoms with Crippen molar-refractivity contribution in [3.63, 3.8) is 0 Å². The summed E-state index contributed by atoms with van der Waals surface area (Å²) < 4.78 is 5.83. The van der Waals surface area contributed by atoms with Gasteiger partial charge < -0.3 is 20.1 Å². The van der Waals surface area contributed by atoms with Crippen LogP contribution >= 0.6 is 0 Å². The van der Waals surface area contributed by atoms with E-state index < -0.39 is 6.10 Å². The van der Waals surface area contributed by atoms with E-state index in [2.05, 4.69) is 5.32 Å². The zero-order valence-electron chi connectivity index (χ0n) is 14.5.